The number of carboxylic acids is 1. The van der Waals surface area contributed by atoms with E-state index in [9.17, 15) is 23.9 Å². The van der Waals surface area contributed by atoms with Crippen molar-refractivity contribution < 1.29 is 33.2 Å². The Hall–Kier alpha value is -3.34. The number of aryl methyl sites for hydroxylation is 1. The maximum absolute atomic E-state index is 13.1. The summed E-state index contributed by atoms with van der Waals surface area (Å²) in [5.41, 5.74) is 8.74. The van der Waals surface area contributed by atoms with Gasteiger partial charge in [0.1, 0.15) is 42.6 Å². The highest BCUT2D eigenvalue weighted by Gasteiger charge is 2.54. The standard InChI is InChI=1S/C24H28FN7O5S3/c1-13-16(40-12-27-13)9-32(2,3)7-4-5-14-10-38-22-18(21(34)31(22)19(14)23(35)36)29-20(33)17(30-37-8-6-25)15-11-39-24(26)28-15/h4-5,11-12,18,22H,6-10H2,1-3H3,(H3-,26,28,29,33,35,36)/p+1/b5-4+,30-17+/t18-,22-/m1/s1. The molecule has 12 nitrogen and oxygen atoms in total. The second-order valence-electron chi connectivity index (χ2n) is 9.61. The highest BCUT2D eigenvalue weighted by Crippen LogP contribution is 2.40. The van der Waals surface area contributed by atoms with Crippen molar-refractivity contribution in [1.29, 1.82) is 0 Å². The molecule has 4 N–H and O–H groups in total. The van der Waals surface area contributed by atoms with Crippen LogP contribution in [0.15, 0.2) is 39.5 Å². The Bertz CT molecular complexity index is 1390. The number of halogens is 1. The number of carboxylic acid groups (broad SMARTS) is 1. The first-order valence-corrected chi connectivity index (χ1v) is 14.9. The molecule has 0 saturated carbocycles. The number of alkyl halides is 1. The van der Waals surface area contributed by atoms with Crippen LogP contribution in [0.3, 0.4) is 0 Å². The van der Waals surface area contributed by atoms with Crippen molar-refractivity contribution >= 4 is 63.1 Å². The molecular formula is C24H29FN7O5S3+. The fourth-order valence-electron chi connectivity index (χ4n) is 4.14. The monoisotopic (exact) mass is 610 g/mol. The highest BCUT2D eigenvalue weighted by molar-refractivity contribution is 8.00. The summed E-state index contributed by atoms with van der Waals surface area (Å²) in [6.45, 7) is 2.23. The minimum Gasteiger partial charge on any atom is -0.477 e. The Balaban J connectivity index is 1.46. The van der Waals surface area contributed by atoms with Crippen molar-refractivity contribution in [2.75, 3.05) is 45.4 Å². The van der Waals surface area contributed by atoms with Crippen molar-refractivity contribution in [3.63, 3.8) is 0 Å². The third kappa shape index (κ3) is 6.51. The SMILES string of the molecule is Cc1ncsc1C[N+](C)(C)C/C=C/C1=C(C(=O)O)N2C(=O)[C@@H](NC(=O)/C(=N/OCCF)c3csc(N)n3)[C@H]2SC1. The molecular weight excluding hydrogens is 582 g/mol. The number of nitrogen functional groups attached to an aromatic ring is 1. The second-order valence-corrected chi connectivity index (χ2v) is 12.5. The number of fused-ring (bicyclic) bond motifs is 1. The van der Waals surface area contributed by atoms with Gasteiger partial charge in [-0.3, -0.25) is 14.5 Å². The number of rotatable bonds is 12. The molecule has 1 saturated heterocycles. The predicted molar refractivity (Wildman–Crippen MR) is 151 cm³/mol. The van der Waals surface area contributed by atoms with Crippen LogP contribution in [-0.2, 0) is 25.8 Å². The molecule has 16 heteroatoms. The molecule has 0 radical (unpaired) electrons. The number of nitrogens with two attached hydrogens (primary N) is 1. The number of thiazole rings is 2. The molecule has 2 aliphatic heterocycles. The maximum atomic E-state index is 13.1. The number of nitrogens with one attached hydrogen (secondary N) is 1. The Labute approximate surface area is 242 Å². The number of hydrogen-bond donors (Lipinski definition) is 3. The van der Waals surface area contributed by atoms with E-state index in [-0.39, 0.29) is 28.8 Å². The summed E-state index contributed by atoms with van der Waals surface area (Å²) in [7, 11) is 4.15. The minimum absolute atomic E-state index is 0.105. The third-order valence-corrected chi connectivity index (χ3v) is 9.02. The van der Waals surface area contributed by atoms with E-state index in [1.54, 1.807) is 17.4 Å². The van der Waals surface area contributed by atoms with Crippen molar-refractivity contribution in [3.8, 4) is 0 Å². The van der Waals surface area contributed by atoms with E-state index in [1.165, 1.54) is 26.9 Å². The molecule has 2 atom stereocenters. The lowest BCUT2D eigenvalue weighted by Crippen LogP contribution is -2.71. The summed E-state index contributed by atoms with van der Waals surface area (Å²) >= 11 is 4.03. The molecule has 0 unspecified atom stereocenters. The molecule has 2 aromatic heterocycles. The average molecular weight is 611 g/mol. The number of aliphatic carboxylic acids is 1. The van der Waals surface area contributed by atoms with Gasteiger partial charge < -0.3 is 25.5 Å². The van der Waals surface area contributed by atoms with Gasteiger partial charge in [0.2, 0.25) is 0 Å². The molecule has 2 aromatic rings. The zero-order valence-electron chi connectivity index (χ0n) is 22.0. The topological polar surface area (TPSA) is 160 Å². The van der Waals surface area contributed by atoms with E-state index < -0.39 is 35.9 Å². The molecule has 0 bridgehead atoms. The molecule has 2 aliphatic rings. The number of quaternary nitrogens is 1. The van der Waals surface area contributed by atoms with E-state index >= 15 is 0 Å². The molecule has 0 aliphatic carbocycles. The van der Waals surface area contributed by atoms with Crippen LogP contribution in [0.5, 0.6) is 0 Å². The van der Waals surface area contributed by atoms with Crippen LogP contribution in [-0.4, -0.2) is 99.0 Å². The number of amides is 2. The van der Waals surface area contributed by atoms with Gasteiger partial charge in [0.05, 0.1) is 36.7 Å². The van der Waals surface area contributed by atoms with E-state index in [2.05, 4.69) is 34.5 Å². The number of β-lactam (4-membered cyclic amide) rings is 1. The van der Waals surface area contributed by atoms with Crippen LogP contribution >= 0.6 is 34.4 Å². The third-order valence-electron chi connectivity index (χ3n) is 6.13. The fraction of sp³-hybridized carbons (Fsp3) is 0.417. The summed E-state index contributed by atoms with van der Waals surface area (Å²) in [6.07, 6.45) is 3.67. The summed E-state index contributed by atoms with van der Waals surface area (Å²) in [6, 6.07) is -0.988. The maximum Gasteiger partial charge on any atom is 0.352 e. The fourth-order valence-corrected chi connectivity index (χ4v) is 6.99. The van der Waals surface area contributed by atoms with Gasteiger partial charge in [0, 0.05) is 11.1 Å². The van der Waals surface area contributed by atoms with Crippen LogP contribution in [0.2, 0.25) is 0 Å². The van der Waals surface area contributed by atoms with E-state index in [0.717, 1.165) is 23.6 Å². The van der Waals surface area contributed by atoms with Crippen LogP contribution in [0, 0.1) is 6.92 Å². The molecule has 4 heterocycles. The van der Waals surface area contributed by atoms with Crippen LogP contribution in [0.4, 0.5) is 9.52 Å². The summed E-state index contributed by atoms with van der Waals surface area (Å²) < 4.78 is 13.1. The average Bonchev–Trinajstić information content (AvgIpc) is 3.51. The number of allylic oxidation sites excluding steroid dienone is 1. The minimum atomic E-state index is -1.23. The number of anilines is 1. The smallest absolute Gasteiger partial charge is 0.352 e. The number of hydrogen-bond acceptors (Lipinski definition) is 11. The second kappa shape index (κ2) is 12.4. The number of nitrogens with zero attached hydrogens (tertiary/aromatic N) is 5. The largest absolute Gasteiger partial charge is 0.477 e. The Morgan fingerprint density at radius 1 is 1.40 bits per heavy atom. The quantitative estimate of drug-likeness (QED) is 0.107. The number of carbonyl (C=O) groups excluding carboxylic acids is 2. The van der Waals surface area contributed by atoms with Gasteiger partial charge in [0.15, 0.2) is 10.8 Å². The summed E-state index contributed by atoms with van der Waals surface area (Å²) in [5, 5.41) is 17.3. The molecule has 214 valence electrons. The number of aromatic nitrogens is 2. The first-order valence-electron chi connectivity index (χ1n) is 12.1. The van der Waals surface area contributed by atoms with Crippen LogP contribution in [0.1, 0.15) is 16.3 Å². The van der Waals surface area contributed by atoms with Gasteiger partial charge in [-0.25, -0.2) is 19.2 Å². The normalized spacial score (nSPS) is 19.6. The number of oxime groups is 1. The zero-order valence-corrected chi connectivity index (χ0v) is 24.4. The van der Waals surface area contributed by atoms with Gasteiger partial charge in [-0.1, -0.05) is 11.2 Å². The highest BCUT2D eigenvalue weighted by atomic mass is 32.2. The lowest BCUT2D eigenvalue weighted by Gasteiger charge is -2.49. The van der Waals surface area contributed by atoms with Gasteiger partial charge in [-0.05, 0) is 18.6 Å². The number of likely N-dealkylation sites (N-methyl/N-ethyl adjacent to an activating group) is 1. The van der Waals surface area contributed by atoms with Crippen molar-refractivity contribution in [1.82, 2.24) is 20.2 Å². The van der Waals surface area contributed by atoms with Gasteiger partial charge in [0.25, 0.3) is 11.8 Å². The van der Waals surface area contributed by atoms with Crippen LogP contribution < -0.4 is 11.1 Å². The van der Waals surface area contributed by atoms with E-state index in [1.807, 2.05) is 18.5 Å². The first kappa shape index (κ1) is 29.6. The number of carbonyl (C=O) groups is 3. The van der Waals surface area contributed by atoms with Crippen molar-refractivity contribution in [2.45, 2.75) is 24.9 Å². The molecule has 4 rings (SSSR count). The first-order chi connectivity index (χ1) is 19.0. The molecule has 0 spiro atoms. The van der Waals surface area contributed by atoms with Gasteiger partial charge in [-0.2, -0.15) is 0 Å². The lowest BCUT2D eigenvalue weighted by atomic mass is 10.0. The van der Waals surface area contributed by atoms with Gasteiger partial charge in [-0.15, -0.1) is 34.4 Å². The number of thioether (sulfide) groups is 1. The zero-order chi connectivity index (χ0) is 29.0. The van der Waals surface area contributed by atoms with E-state index in [0.29, 0.717) is 22.4 Å². The van der Waals surface area contributed by atoms with Crippen molar-refractivity contribution in [2.24, 2.45) is 5.16 Å². The molecule has 1 fully saturated rings. The Kier molecular flexibility index (Phi) is 9.22. The predicted octanol–water partition coefficient (Wildman–Crippen LogP) is 1.75. The van der Waals surface area contributed by atoms with Gasteiger partial charge >= 0.3 is 5.97 Å². The Morgan fingerprint density at radius 2 is 2.17 bits per heavy atom. The lowest BCUT2D eigenvalue weighted by molar-refractivity contribution is -0.897. The Morgan fingerprint density at radius 3 is 2.80 bits per heavy atom. The summed E-state index contributed by atoms with van der Waals surface area (Å²) in [5.74, 6) is -2.22. The summed E-state index contributed by atoms with van der Waals surface area (Å²) in [4.78, 5) is 53.8. The molecule has 2 amide bonds. The van der Waals surface area contributed by atoms with Crippen LogP contribution in [0.25, 0.3) is 0 Å². The molecule has 40 heavy (non-hydrogen) atoms. The van der Waals surface area contributed by atoms with Crippen molar-refractivity contribution in [3.05, 3.63) is 50.6 Å². The molecule has 0 aromatic carbocycles. The van der Waals surface area contributed by atoms with E-state index in [4.69, 9.17) is 10.6 Å².